The zero-order valence-electron chi connectivity index (χ0n) is 10.8. The maximum absolute atomic E-state index is 11.4. The summed E-state index contributed by atoms with van der Waals surface area (Å²) in [4.78, 5) is 0. The Bertz CT molecular complexity index is 714. The van der Waals surface area contributed by atoms with Gasteiger partial charge in [-0.25, -0.2) is 0 Å². The molecule has 1 heterocycles. The zero-order chi connectivity index (χ0) is 14.0. The summed E-state index contributed by atoms with van der Waals surface area (Å²) in [5.74, 6) is 0. The van der Waals surface area contributed by atoms with Crippen molar-refractivity contribution in [2.24, 2.45) is 0 Å². The molecule has 0 saturated heterocycles. The van der Waals surface area contributed by atoms with Crippen molar-refractivity contribution in [3.05, 3.63) is 59.7 Å². The highest BCUT2D eigenvalue weighted by molar-refractivity contribution is 7.90. The Morgan fingerprint density at radius 1 is 1.10 bits per heavy atom. The fraction of sp³-hybridized carbons (Fsp3) is 0.143. The molecule has 0 aromatic heterocycles. The molecular weight excluding hydrogens is 274 g/mol. The van der Waals surface area contributed by atoms with Gasteiger partial charge in [-0.05, 0) is 29.3 Å². The summed E-state index contributed by atoms with van der Waals surface area (Å²) in [5, 5.41) is 3.33. The van der Waals surface area contributed by atoms with Gasteiger partial charge in [0.15, 0.2) is 0 Å². The molecule has 0 fully saturated rings. The summed E-state index contributed by atoms with van der Waals surface area (Å²) in [6, 6.07) is 15.7. The molecule has 0 aliphatic carbocycles. The van der Waals surface area contributed by atoms with Crippen molar-refractivity contribution in [2.45, 2.75) is 13.1 Å². The van der Waals surface area contributed by atoms with Crippen LogP contribution in [0, 0.1) is 0 Å². The topological polar surface area (TPSA) is 70.2 Å². The van der Waals surface area contributed by atoms with Gasteiger partial charge in [-0.1, -0.05) is 30.3 Å². The third-order valence-corrected chi connectivity index (χ3v) is 4.15. The zero-order valence-corrected chi connectivity index (χ0v) is 11.6. The van der Waals surface area contributed by atoms with Crippen molar-refractivity contribution in [3.8, 4) is 0 Å². The van der Waals surface area contributed by atoms with Gasteiger partial charge in [-0.15, -0.1) is 0 Å². The van der Waals surface area contributed by atoms with Gasteiger partial charge in [0.25, 0.3) is 10.2 Å². The van der Waals surface area contributed by atoms with Crippen molar-refractivity contribution < 1.29 is 8.42 Å². The van der Waals surface area contributed by atoms with Crippen molar-refractivity contribution in [2.75, 3.05) is 10.0 Å². The summed E-state index contributed by atoms with van der Waals surface area (Å²) in [6.07, 6.45) is 0. The van der Waals surface area contributed by atoms with E-state index in [-0.39, 0.29) is 0 Å². The molecule has 0 atom stereocenters. The van der Waals surface area contributed by atoms with Crippen LogP contribution in [0.3, 0.4) is 0 Å². The number of rotatable bonds is 3. The fourth-order valence-electron chi connectivity index (χ4n) is 2.10. The molecule has 104 valence electrons. The fourth-order valence-corrected chi connectivity index (χ4v) is 3.01. The number of fused-ring (bicyclic) bond motifs is 1. The van der Waals surface area contributed by atoms with Crippen LogP contribution in [0.2, 0.25) is 0 Å². The predicted molar refractivity (Wildman–Crippen MR) is 79.6 cm³/mol. The smallest absolute Gasteiger partial charge is 0.299 e. The average molecular weight is 289 g/mol. The quantitative estimate of drug-likeness (QED) is 0.810. The number of nitrogens with one attached hydrogen (secondary N) is 3. The monoisotopic (exact) mass is 289 g/mol. The first kappa shape index (κ1) is 13.0. The first-order chi connectivity index (χ1) is 9.62. The molecule has 0 saturated carbocycles. The molecule has 0 radical (unpaired) electrons. The van der Waals surface area contributed by atoms with Crippen LogP contribution in [0.15, 0.2) is 48.5 Å². The Hall–Kier alpha value is -2.05. The normalized spacial score (nSPS) is 16.0. The lowest BCUT2D eigenvalue weighted by molar-refractivity contribution is 0.584. The van der Waals surface area contributed by atoms with Crippen molar-refractivity contribution >= 4 is 21.6 Å². The minimum atomic E-state index is -3.38. The van der Waals surface area contributed by atoms with Gasteiger partial charge >= 0.3 is 0 Å². The van der Waals surface area contributed by atoms with Gasteiger partial charge in [0.2, 0.25) is 0 Å². The lowest BCUT2D eigenvalue weighted by atomic mass is 10.1. The van der Waals surface area contributed by atoms with E-state index in [1.54, 1.807) is 6.07 Å². The molecule has 0 unspecified atom stereocenters. The minimum Gasteiger partial charge on any atom is -0.381 e. The number of hydrogen-bond acceptors (Lipinski definition) is 3. The summed E-state index contributed by atoms with van der Waals surface area (Å²) >= 11 is 0. The second-order valence-corrected chi connectivity index (χ2v) is 6.14. The summed E-state index contributed by atoms with van der Waals surface area (Å²) < 4.78 is 27.7. The molecule has 2 aromatic carbocycles. The van der Waals surface area contributed by atoms with E-state index in [0.717, 1.165) is 17.8 Å². The van der Waals surface area contributed by atoms with Gasteiger partial charge < -0.3 is 5.32 Å². The molecular formula is C14H15N3O2S. The van der Waals surface area contributed by atoms with Crippen LogP contribution in [0.1, 0.15) is 11.1 Å². The molecule has 3 rings (SSSR count). The van der Waals surface area contributed by atoms with E-state index in [0.29, 0.717) is 12.2 Å². The molecule has 1 aliphatic rings. The molecule has 1 aliphatic heterocycles. The van der Waals surface area contributed by atoms with Gasteiger partial charge in [0.05, 0.1) is 5.69 Å². The SMILES string of the molecule is O=S1(=O)NCc2cc(NCc3ccccc3)ccc2N1. The van der Waals surface area contributed by atoms with Crippen LogP contribution < -0.4 is 14.8 Å². The van der Waals surface area contributed by atoms with E-state index >= 15 is 0 Å². The van der Waals surface area contributed by atoms with E-state index in [4.69, 9.17) is 0 Å². The molecule has 2 aromatic rings. The Balaban J connectivity index is 1.73. The Morgan fingerprint density at radius 2 is 1.90 bits per heavy atom. The number of benzene rings is 2. The Kier molecular flexibility index (Phi) is 3.33. The predicted octanol–water partition coefficient (Wildman–Crippen LogP) is 2.06. The Labute approximate surface area is 118 Å². The summed E-state index contributed by atoms with van der Waals surface area (Å²) in [7, 11) is -3.38. The molecule has 20 heavy (non-hydrogen) atoms. The number of anilines is 2. The maximum atomic E-state index is 11.4. The molecule has 6 heteroatoms. The highest BCUT2D eigenvalue weighted by atomic mass is 32.2. The molecule has 3 N–H and O–H groups in total. The summed E-state index contributed by atoms with van der Waals surface area (Å²) in [6.45, 7) is 1.05. The van der Waals surface area contributed by atoms with E-state index in [9.17, 15) is 8.42 Å². The molecule has 0 spiro atoms. The van der Waals surface area contributed by atoms with Crippen molar-refractivity contribution in [1.29, 1.82) is 0 Å². The Morgan fingerprint density at radius 3 is 2.70 bits per heavy atom. The van der Waals surface area contributed by atoms with E-state index in [1.807, 2.05) is 30.3 Å². The second kappa shape index (κ2) is 5.15. The summed E-state index contributed by atoms with van der Waals surface area (Å²) in [5.41, 5.74) is 3.73. The van der Waals surface area contributed by atoms with E-state index < -0.39 is 10.2 Å². The van der Waals surface area contributed by atoms with Gasteiger partial charge in [-0.3, -0.25) is 4.72 Å². The maximum Gasteiger partial charge on any atom is 0.299 e. The molecule has 0 amide bonds. The lowest BCUT2D eigenvalue weighted by Gasteiger charge is -2.20. The first-order valence-corrected chi connectivity index (χ1v) is 7.79. The van der Waals surface area contributed by atoms with Crippen LogP contribution in [0.5, 0.6) is 0 Å². The second-order valence-electron chi connectivity index (χ2n) is 4.64. The van der Waals surface area contributed by atoms with Gasteiger partial charge in [0.1, 0.15) is 0 Å². The van der Waals surface area contributed by atoms with Crippen LogP contribution in [0.25, 0.3) is 0 Å². The largest absolute Gasteiger partial charge is 0.381 e. The molecule has 5 nitrogen and oxygen atoms in total. The highest BCUT2D eigenvalue weighted by Gasteiger charge is 2.18. The van der Waals surface area contributed by atoms with Crippen LogP contribution >= 0.6 is 0 Å². The van der Waals surface area contributed by atoms with Crippen LogP contribution in [-0.4, -0.2) is 8.42 Å². The average Bonchev–Trinajstić information content (AvgIpc) is 2.45. The van der Waals surface area contributed by atoms with Crippen molar-refractivity contribution in [1.82, 2.24) is 4.72 Å². The van der Waals surface area contributed by atoms with Crippen LogP contribution in [0.4, 0.5) is 11.4 Å². The van der Waals surface area contributed by atoms with Gasteiger partial charge in [0, 0.05) is 18.8 Å². The lowest BCUT2D eigenvalue weighted by Crippen LogP contribution is -2.34. The van der Waals surface area contributed by atoms with E-state index in [2.05, 4.69) is 26.9 Å². The minimum absolute atomic E-state index is 0.311. The van der Waals surface area contributed by atoms with Gasteiger partial charge in [-0.2, -0.15) is 13.1 Å². The van der Waals surface area contributed by atoms with Crippen molar-refractivity contribution in [3.63, 3.8) is 0 Å². The standard InChI is InChI=1S/C14H15N3O2S/c18-20(19)16-10-12-8-13(6-7-14(12)17-20)15-9-11-4-2-1-3-5-11/h1-8,15-17H,9-10H2. The van der Waals surface area contributed by atoms with Crippen LogP contribution in [-0.2, 0) is 23.3 Å². The third-order valence-electron chi connectivity index (χ3n) is 3.14. The number of hydrogen-bond donors (Lipinski definition) is 3. The first-order valence-electron chi connectivity index (χ1n) is 6.30. The van der Waals surface area contributed by atoms with E-state index in [1.165, 1.54) is 5.56 Å². The third kappa shape index (κ3) is 2.92. The molecule has 0 bridgehead atoms. The highest BCUT2D eigenvalue weighted by Crippen LogP contribution is 2.24.